The molecule has 1 aliphatic rings. The zero-order valence-corrected chi connectivity index (χ0v) is 12.4. The van der Waals surface area contributed by atoms with Crippen LogP contribution in [0.4, 0.5) is 0 Å². The summed E-state index contributed by atoms with van der Waals surface area (Å²) >= 11 is 5.91. The average molecular weight is 300 g/mol. The minimum absolute atomic E-state index is 0.116. The van der Waals surface area contributed by atoms with Crippen molar-refractivity contribution in [2.24, 2.45) is 0 Å². The van der Waals surface area contributed by atoms with Crippen LogP contribution in [-0.2, 0) is 4.74 Å². The quantitative estimate of drug-likeness (QED) is 0.795. The zero-order chi connectivity index (χ0) is 14.5. The van der Waals surface area contributed by atoms with Gasteiger partial charge in [-0.25, -0.2) is 0 Å². The Labute approximate surface area is 123 Å². The van der Waals surface area contributed by atoms with E-state index < -0.39 is 0 Å². The van der Waals surface area contributed by atoms with Crippen molar-refractivity contribution in [2.75, 3.05) is 39.9 Å². The minimum Gasteiger partial charge on any atom is -0.497 e. The van der Waals surface area contributed by atoms with Crippen LogP contribution in [0.2, 0.25) is 0 Å². The first-order chi connectivity index (χ1) is 9.71. The monoisotopic (exact) mass is 299 g/mol. The third kappa shape index (κ3) is 2.99. The molecule has 0 aromatic heterocycles. The molecule has 5 nitrogen and oxygen atoms in total. The lowest BCUT2D eigenvalue weighted by molar-refractivity contribution is 0.00439. The Balaban J connectivity index is 2.31. The molecule has 1 saturated heterocycles. The van der Waals surface area contributed by atoms with E-state index in [4.69, 9.17) is 25.8 Å². The minimum atomic E-state index is -0.117. The first-order valence-corrected chi connectivity index (χ1v) is 6.91. The highest BCUT2D eigenvalue weighted by Crippen LogP contribution is 2.26. The van der Waals surface area contributed by atoms with Gasteiger partial charge in [-0.3, -0.25) is 4.79 Å². The van der Waals surface area contributed by atoms with Crippen LogP contribution in [0.25, 0.3) is 0 Å². The number of amides is 1. The molecule has 1 fully saturated rings. The van der Waals surface area contributed by atoms with Crippen LogP contribution in [0, 0.1) is 0 Å². The molecule has 1 amide bonds. The number of benzene rings is 1. The summed E-state index contributed by atoms with van der Waals surface area (Å²) in [5.74, 6) is 1.37. The van der Waals surface area contributed by atoms with Gasteiger partial charge in [-0.15, -0.1) is 11.6 Å². The standard InChI is InChI=1S/C14H18ClNO4/c1-18-11-3-4-13(19-2)12(7-11)14(17)16-5-6-20-9-10(16)8-15/h3-4,7,10H,5-6,8-9H2,1-2H3. The van der Waals surface area contributed by atoms with Gasteiger partial charge in [-0.1, -0.05) is 0 Å². The van der Waals surface area contributed by atoms with Crippen molar-refractivity contribution >= 4 is 17.5 Å². The SMILES string of the molecule is COc1ccc(OC)c(C(=O)N2CCOCC2CCl)c1. The first-order valence-electron chi connectivity index (χ1n) is 6.38. The number of halogens is 1. The van der Waals surface area contributed by atoms with Crippen LogP contribution in [0.5, 0.6) is 11.5 Å². The summed E-state index contributed by atoms with van der Waals surface area (Å²) < 4.78 is 15.8. The maximum Gasteiger partial charge on any atom is 0.258 e. The molecule has 2 rings (SSSR count). The predicted octanol–water partition coefficient (Wildman–Crippen LogP) is 1.78. The van der Waals surface area contributed by atoms with Crippen molar-refractivity contribution in [3.63, 3.8) is 0 Å². The molecule has 6 heteroatoms. The van der Waals surface area contributed by atoms with Crippen molar-refractivity contribution in [3.8, 4) is 11.5 Å². The zero-order valence-electron chi connectivity index (χ0n) is 11.6. The lowest BCUT2D eigenvalue weighted by Gasteiger charge is -2.34. The summed E-state index contributed by atoms with van der Waals surface area (Å²) in [4.78, 5) is 14.4. The molecule has 1 unspecified atom stereocenters. The molecule has 0 aliphatic carbocycles. The molecule has 0 N–H and O–H groups in total. The highest BCUT2D eigenvalue weighted by atomic mass is 35.5. The van der Waals surface area contributed by atoms with Crippen molar-refractivity contribution < 1.29 is 19.0 Å². The fraction of sp³-hybridized carbons (Fsp3) is 0.500. The number of alkyl halides is 1. The van der Waals surface area contributed by atoms with E-state index in [0.29, 0.717) is 42.7 Å². The third-order valence-electron chi connectivity index (χ3n) is 3.30. The van der Waals surface area contributed by atoms with Gasteiger partial charge in [0.25, 0.3) is 5.91 Å². The molecular weight excluding hydrogens is 282 g/mol. The summed E-state index contributed by atoms with van der Waals surface area (Å²) in [6, 6.07) is 5.05. The van der Waals surface area contributed by atoms with E-state index in [-0.39, 0.29) is 11.9 Å². The van der Waals surface area contributed by atoms with Gasteiger partial charge in [0.1, 0.15) is 11.5 Å². The summed E-state index contributed by atoms with van der Waals surface area (Å²) in [6.45, 7) is 1.50. The number of rotatable bonds is 4. The van der Waals surface area contributed by atoms with Gasteiger partial charge in [-0.2, -0.15) is 0 Å². The lowest BCUT2D eigenvalue weighted by atomic mass is 10.1. The highest BCUT2D eigenvalue weighted by Gasteiger charge is 2.29. The van der Waals surface area contributed by atoms with Crippen molar-refractivity contribution in [2.45, 2.75) is 6.04 Å². The van der Waals surface area contributed by atoms with E-state index in [2.05, 4.69) is 0 Å². The second-order valence-electron chi connectivity index (χ2n) is 4.45. The normalized spacial score (nSPS) is 18.8. The van der Waals surface area contributed by atoms with E-state index >= 15 is 0 Å². The van der Waals surface area contributed by atoms with Gasteiger partial charge in [0.15, 0.2) is 0 Å². The number of morpholine rings is 1. The topological polar surface area (TPSA) is 48.0 Å². The largest absolute Gasteiger partial charge is 0.497 e. The summed E-state index contributed by atoms with van der Waals surface area (Å²) in [6.07, 6.45) is 0. The number of hydrogen-bond acceptors (Lipinski definition) is 4. The highest BCUT2D eigenvalue weighted by molar-refractivity contribution is 6.18. The van der Waals surface area contributed by atoms with Crippen LogP contribution in [-0.4, -0.2) is 56.7 Å². The second-order valence-corrected chi connectivity index (χ2v) is 4.76. The number of methoxy groups -OCH3 is 2. The second kappa shape index (κ2) is 6.81. The van der Waals surface area contributed by atoms with Gasteiger partial charge >= 0.3 is 0 Å². The van der Waals surface area contributed by atoms with Crippen LogP contribution in [0.1, 0.15) is 10.4 Å². The molecule has 1 aromatic rings. The van der Waals surface area contributed by atoms with Crippen LogP contribution >= 0.6 is 11.6 Å². The summed E-state index contributed by atoms with van der Waals surface area (Å²) in [5.41, 5.74) is 0.476. The van der Waals surface area contributed by atoms with Crippen LogP contribution in [0.3, 0.4) is 0 Å². The number of ether oxygens (including phenoxy) is 3. The van der Waals surface area contributed by atoms with E-state index in [9.17, 15) is 4.79 Å². The van der Waals surface area contributed by atoms with Gasteiger partial charge in [-0.05, 0) is 18.2 Å². The Morgan fingerprint density at radius 3 is 2.90 bits per heavy atom. The number of nitrogens with zero attached hydrogens (tertiary/aromatic N) is 1. The first kappa shape index (κ1) is 14.9. The lowest BCUT2D eigenvalue weighted by Crippen LogP contribution is -2.49. The van der Waals surface area contributed by atoms with E-state index in [1.165, 1.54) is 7.11 Å². The molecule has 1 atom stereocenters. The van der Waals surface area contributed by atoms with Gasteiger partial charge in [0, 0.05) is 12.4 Å². The van der Waals surface area contributed by atoms with Crippen LogP contribution < -0.4 is 9.47 Å². The molecular formula is C14H18ClNO4. The Bertz CT molecular complexity index is 480. The Kier molecular flexibility index (Phi) is 5.09. The fourth-order valence-corrected chi connectivity index (χ4v) is 2.44. The molecule has 0 radical (unpaired) electrons. The summed E-state index contributed by atoms with van der Waals surface area (Å²) in [7, 11) is 3.10. The van der Waals surface area contributed by atoms with Gasteiger partial charge in [0.2, 0.25) is 0 Å². The Hall–Kier alpha value is -1.46. The fourth-order valence-electron chi connectivity index (χ4n) is 2.19. The molecule has 0 bridgehead atoms. The maximum absolute atomic E-state index is 12.7. The molecule has 0 spiro atoms. The van der Waals surface area contributed by atoms with E-state index in [0.717, 1.165) is 0 Å². The Morgan fingerprint density at radius 2 is 2.25 bits per heavy atom. The smallest absolute Gasteiger partial charge is 0.258 e. The number of carbonyl (C=O) groups is 1. The third-order valence-corrected chi connectivity index (χ3v) is 3.66. The molecule has 1 aliphatic heterocycles. The Morgan fingerprint density at radius 1 is 1.45 bits per heavy atom. The number of hydrogen-bond donors (Lipinski definition) is 0. The van der Waals surface area contributed by atoms with Crippen molar-refractivity contribution in [3.05, 3.63) is 23.8 Å². The van der Waals surface area contributed by atoms with Gasteiger partial charge < -0.3 is 19.1 Å². The molecule has 1 aromatic carbocycles. The molecule has 110 valence electrons. The number of carbonyl (C=O) groups excluding carboxylic acids is 1. The van der Waals surface area contributed by atoms with Crippen molar-refractivity contribution in [1.29, 1.82) is 0 Å². The summed E-state index contributed by atoms with van der Waals surface area (Å²) in [5, 5.41) is 0. The average Bonchev–Trinajstić information content (AvgIpc) is 2.53. The van der Waals surface area contributed by atoms with Gasteiger partial charge in [0.05, 0.1) is 39.0 Å². The van der Waals surface area contributed by atoms with E-state index in [1.54, 1.807) is 30.2 Å². The molecule has 0 saturated carbocycles. The molecule has 1 heterocycles. The maximum atomic E-state index is 12.7. The molecule has 20 heavy (non-hydrogen) atoms. The van der Waals surface area contributed by atoms with Crippen LogP contribution in [0.15, 0.2) is 18.2 Å². The van der Waals surface area contributed by atoms with Crippen molar-refractivity contribution in [1.82, 2.24) is 4.90 Å². The predicted molar refractivity (Wildman–Crippen MR) is 75.9 cm³/mol. The van der Waals surface area contributed by atoms with E-state index in [1.807, 2.05) is 0 Å².